The zero-order chi connectivity index (χ0) is 10.4. The lowest BCUT2D eigenvalue weighted by atomic mass is 10.00. The average molecular weight is 215 g/mol. The van der Waals surface area contributed by atoms with Crippen molar-refractivity contribution in [2.75, 3.05) is 12.3 Å². The molecule has 1 unspecified atom stereocenters. The molecule has 1 aliphatic rings. The molecule has 2 heteroatoms. The lowest BCUT2D eigenvalue weighted by molar-refractivity contribution is 0.394. The Morgan fingerprint density at radius 3 is 2.43 bits per heavy atom. The molecule has 1 rings (SSSR count). The standard InChI is InChI=1S/C12H25NS/c1-4-13-12(9-14-10(2)3)11-7-5-6-8-11/h10-13H,4-9H2,1-3H3. The zero-order valence-corrected chi connectivity index (χ0v) is 10.7. The fourth-order valence-corrected chi connectivity index (χ4v) is 3.26. The van der Waals surface area contributed by atoms with E-state index in [0.29, 0.717) is 0 Å². The Kier molecular flexibility index (Phi) is 5.95. The predicted molar refractivity (Wildman–Crippen MR) is 67.0 cm³/mol. The van der Waals surface area contributed by atoms with Gasteiger partial charge < -0.3 is 5.32 Å². The van der Waals surface area contributed by atoms with Crippen LogP contribution in [0.4, 0.5) is 0 Å². The number of hydrogen-bond acceptors (Lipinski definition) is 2. The van der Waals surface area contributed by atoms with Crippen molar-refractivity contribution in [1.82, 2.24) is 5.32 Å². The summed E-state index contributed by atoms with van der Waals surface area (Å²) < 4.78 is 0. The summed E-state index contributed by atoms with van der Waals surface area (Å²) in [6.45, 7) is 7.94. The van der Waals surface area contributed by atoms with Crippen LogP contribution in [0.2, 0.25) is 0 Å². The molecule has 1 nitrogen and oxygen atoms in total. The Morgan fingerprint density at radius 2 is 1.93 bits per heavy atom. The van der Waals surface area contributed by atoms with Crippen molar-refractivity contribution in [3.8, 4) is 0 Å². The summed E-state index contributed by atoms with van der Waals surface area (Å²) >= 11 is 2.10. The van der Waals surface area contributed by atoms with Crippen LogP contribution in [0.5, 0.6) is 0 Å². The zero-order valence-electron chi connectivity index (χ0n) is 9.88. The minimum absolute atomic E-state index is 0.773. The molecule has 14 heavy (non-hydrogen) atoms. The Hall–Kier alpha value is 0.310. The molecular formula is C12H25NS. The van der Waals surface area contributed by atoms with Crippen LogP contribution in [0.15, 0.2) is 0 Å². The Labute approximate surface area is 93.4 Å². The second-order valence-electron chi connectivity index (χ2n) is 4.59. The van der Waals surface area contributed by atoms with E-state index in [2.05, 4.69) is 37.8 Å². The third-order valence-electron chi connectivity index (χ3n) is 3.04. The Balaban J connectivity index is 2.29. The summed E-state index contributed by atoms with van der Waals surface area (Å²) in [5.41, 5.74) is 0. The SMILES string of the molecule is CCNC(CSC(C)C)C1CCCC1. The first-order valence-electron chi connectivity index (χ1n) is 6.09. The molecule has 0 aromatic heterocycles. The van der Waals surface area contributed by atoms with Gasteiger partial charge >= 0.3 is 0 Å². The van der Waals surface area contributed by atoms with Crippen molar-refractivity contribution in [3.05, 3.63) is 0 Å². The van der Waals surface area contributed by atoms with Crippen LogP contribution >= 0.6 is 11.8 Å². The van der Waals surface area contributed by atoms with Crippen LogP contribution < -0.4 is 5.32 Å². The number of hydrogen-bond donors (Lipinski definition) is 1. The van der Waals surface area contributed by atoms with E-state index in [1.54, 1.807) is 0 Å². The normalized spacial score (nSPS) is 20.6. The van der Waals surface area contributed by atoms with Gasteiger partial charge in [-0.2, -0.15) is 11.8 Å². The maximum Gasteiger partial charge on any atom is 0.0186 e. The smallest absolute Gasteiger partial charge is 0.0186 e. The second-order valence-corrected chi connectivity index (χ2v) is 6.20. The maximum absolute atomic E-state index is 3.66. The van der Waals surface area contributed by atoms with E-state index in [0.717, 1.165) is 23.8 Å². The molecule has 0 aromatic carbocycles. The summed E-state index contributed by atoms with van der Waals surface area (Å²) in [5.74, 6) is 2.26. The molecule has 1 aliphatic carbocycles. The molecule has 0 radical (unpaired) electrons. The topological polar surface area (TPSA) is 12.0 Å². The van der Waals surface area contributed by atoms with E-state index in [1.807, 2.05) is 0 Å². The van der Waals surface area contributed by atoms with Gasteiger partial charge in [-0.3, -0.25) is 0 Å². The van der Waals surface area contributed by atoms with Crippen LogP contribution in [-0.4, -0.2) is 23.6 Å². The van der Waals surface area contributed by atoms with Crippen LogP contribution in [0.25, 0.3) is 0 Å². The average Bonchev–Trinajstić information content (AvgIpc) is 2.64. The highest BCUT2D eigenvalue weighted by molar-refractivity contribution is 7.99. The maximum atomic E-state index is 3.66. The Morgan fingerprint density at radius 1 is 1.29 bits per heavy atom. The number of nitrogens with one attached hydrogen (secondary N) is 1. The Bertz CT molecular complexity index is 141. The molecule has 1 fully saturated rings. The first-order chi connectivity index (χ1) is 6.74. The minimum Gasteiger partial charge on any atom is -0.313 e. The molecule has 1 atom stereocenters. The molecule has 1 saturated carbocycles. The molecule has 0 bridgehead atoms. The van der Waals surface area contributed by atoms with Crippen molar-refractivity contribution in [1.29, 1.82) is 0 Å². The highest BCUT2D eigenvalue weighted by Gasteiger charge is 2.24. The largest absolute Gasteiger partial charge is 0.313 e. The van der Waals surface area contributed by atoms with E-state index in [-0.39, 0.29) is 0 Å². The van der Waals surface area contributed by atoms with Gasteiger partial charge in [0.2, 0.25) is 0 Å². The van der Waals surface area contributed by atoms with Crippen molar-refractivity contribution < 1.29 is 0 Å². The van der Waals surface area contributed by atoms with Gasteiger partial charge in [0.15, 0.2) is 0 Å². The number of thioether (sulfide) groups is 1. The van der Waals surface area contributed by atoms with Gasteiger partial charge in [0, 0.05) is 11.8 Å². The van der Waals surface area contributed by atoms with E-state index in [9.17, 15) is 0 Å². The molecule has 0 aliphatic heterocycles. The van der Waals surface area contributed by atoms with E-state index in [4.69, 9.17) is 0 Å². The van der Waals surface area contributed by atoms with Gasteiger partial charge in [0.25, 0.3) is 0 Å². The molecule has 84 valence electrons. The van der Waals surface area contributed by atoms with Gasteiger partial charge in [-0.1, -0.05) is 33.6 Å². The number of rotatable bonds is 6. The summed E-state index contributed by atoms with van der Waals surface area (Å²) in [4.78, 5) is 0. The highest BCUT2D eigenvalue weighted by atomic mass is 32.2. The van der Waals surface area contributed by atoms with Crippen LogP contribution in [0, 0.1) is 5.92 Å². The highest BCUT2D eigenvalue weighted by Crippen LogP contribution is 2.29. The van der Waals surface area contributed by atoms with Gasteiger partial charge in [0.05, 0.1) is 0 Å². The van der Waals surface area contributed by atoms with E-state index in [1.165, 1.54) is 31.4 Å². The fraction of sp³-hybridized carbons (Fsp3) is 1.00. The van der Waals surface area contributed by atoms with E-state index < -0.39 is 0 Å². The molecule has 0 amide bonds. The van der Waals surface area contributed by atoms with Gasteiger partial charge in [-0.25, -0.2) is 0 Å². The van der Waals surface area contributed by atoms with Gasteiger partial charge in [-0.05, 0) is 30.6 Å². The van der Waals surface area contributed by atoms with Crippen molar-refractivity contribution >= 4 is 11.8 Å². The lowest BCUT2D eigenvalue weighted by Crippen LogP contribution is -2.37. The first-order valence-corrected chi connectivity index (χ1v) is 7.14. The molecule has 0 aromatic rings. The van der Waals surface area contributed by atoms with E-state index >= 15 is 0 Å². The summed E-state index contributed by atoms with van der Waals surface area (Å²) in [6, 6.07) is 0.773. The minimum atomic E-state index is 0.773. The lowest BCUT2D eigenvalue weighted by Gasteiger charge is -2.24. The van der Waals surface area contributed by atoms with Crippen molar-refractivity contribution in [2.45, 2.75) is 57.7 Å². The molecular weight excluding hydrogens is 190 g/mol. The molecule has 1 N–H and O–H groups in total. The second kappa shape index (κ2) is 6.73. The third kappa shape index (κ3) is 4.22. The summed E-state index contributed by atoms with van der Waals surface area (Å²) in [7, 11) is 0. The van der Waals surface area contributed by atoms with Crippen LogP contribution in [0.3, 0.4) is 0 Å². The molecule has 0 spiro atoms. The van der Waals surface area contributed by atoms with Crippen LogP contribution in [-0.2, 0) is 0 Å². The van der Waals surface area contributed by atoms with Crippen molar-refractivity contribution in [3.63, 3.8) is 0 Å². The quantitative estimate of drug-likeness (QED) is 0.729. The monoisotopic (exact) mass is 215 g/mol. The third-order valence-corrected chi connectivity index (χ3v) is 4.26. The van der Waals surface area contributed by atoms with Gasteiger partial charge in [0.1, 0.15) is 0 Å². The first kappa shape index (κ1) is 12.4. The molecule has 0 saturated heterocycles. The summed E-state index contributed by atoms with van der Waals surface area (Å²) in [5, 5.41) is 4.43. The fourth-order valence-electron chi connectivity index (χ4n) is 2.28. The van der Waals surface area contributed by atoms with Gasteiger partial charge in [-0.15, -0.1) is 0 Å². The summed E-state index contributed by atoms with van der Waals surface area (Å²) in [6.07, 6.45) is 5.82. The molecule has 0 heterocycles. The predicted octanol–water partition coefficient (Wildman–Crippen LogP) is 3.30. The van der Waals surface area contributed by atoms with Crippen LogP contribution in [0.1, 0.15) is 46.5 Å². The van der Waals surface area contributed by atoms with Crippen molar-refractivity contribution in [2.24, 2.45) is 5.92 Å².